The Bertz CT molecular complexity index is 1030. The van der Waals surface area contributed by atoms with Crippen molar-refractivity contribution < 1.29 is 9.47 Å². The number of nitrogens with zero attached hydrogens (tertiary/aromatic N) is 1. The number of hydrogen-bond acceptors (Lipinski definition) is 3. The number of fused-ring (bicyclic) bond motifs is 3. The zero-order chi connectivity index (χ0) is 20.0. The molecule has 1 unspecified atom stereocenters. The fourth-order valence-electron chi connectivity index (χ4n) is 5.04. The molecular weight excluding hydrogens is 378 g/mol. The molecule has 0 saturated carbocycles. The normalized spacial score (nSPS) is 19.0. The Labute approximate surface area is 176 Å². The van der Waals surface area contributed by atoms with E-state index in [2.05, 4.69) is 77.7 Å². The van der Waals surface area contributed by atoms with E-state index in [-0.39, 0.29) is 11.5 Å². The van der Waals surface area contributed by atoms with Crippen LogP contribution >= 0.6 is 12.2 Å². The Kier molecular flexibility index (Phi) is 4.32. The van der Waals surface area contributed by atoms with Gasteiger partial charge in [0, 0.05) is 6.54 Å². The van der Waals surface area contributed by atoms with Gasteiger partial charge in [-0.1, -0.05) is 72.9 Å². The van der Waals surface area contributed by atoms with Crippen LogP contribution in [-0.2, 0) is 11.8 Å². The topological polar surface area (TPSA) is 21.7 Å². The van der Waals surface area contributed by atoms with Gasteiger partial charge >= 0.3 is 0 Å². The highest BCUT2D eigenvalue weighted by Crippen LogP contribution is 2.59. The summed E-state index contributed by atoms with van der Waals surface area (Å²) in [4.78, 5) is 3.38. The third kappa shape index (κ3) is 2.45. The van der Waals surface area contributed by atoms with Crippen molar-refractivity contribution in [1.82, 2.24) is 4.90 Å². The molecule has 1 atom stereocenters. The van der Waals surface area contributed by atoms with Gasteiger partial charge < -0.3 is 14.4 Å². The van der Waals surface area contributed by atoms with E-state index in [4.69, 9.17) is 21.7 Å². The molecule has 0 bridgehead atoms. The molecule has 2 aliphatic rings. The predicted octanol–water partition coefficient (Wildman–Crippen LogP) is 4.93. The van der Waals surface area contributed by atoms with Gasteiger partial charge in [0.1, 0.15) is 0 Å². The SMILES string of the molecule is COc1cc2c(cc1OC)C1N(CC2)C(=S)C1(c1ccccc1)c1ccccc1. The van der Waals surface area contributed by atoms with E-state index >= 15 is 0 Å². The number of hydrogen-bond donors (Lipinski definition) is 0. The van der Waals surface area contributed by atoms with Crippen LogP contribution in [0.2, 0.25) is 0 Å². The van der Waals surface area contributed by atoms with Crippen molar-refractivity contribution in [3.63, 3.8) is 0 Å². The van der Waals surface area contributed by atoms with Gasteiger partial charge in [0.15, 0.2) is 11.5 Å². The molecule has 4 heteroatoms. The molecule has 0 aliphatic carbocycles. The van der Waals surface area contributed by atoms with Gasteiger partial charge in [-0.15, -0.1) is 0 Å². The van der Waals surface area contributed by atoms with Gasteiger partial charge in [-0.2, -0.15) is 0 Å². The van der Waals surface area contributed by atoms with Gasteiger partial charge in [-0.05, 0) is 40.8 Å². The van der Waals surface area contributed by atoms with Crippen molar-refractivity contribution in [2.45, 2.75) is 17.9 Å². The first kappa shape index (κ1) is 18.2. The molecule has 0 N–H and O–H groups in total. The predicted molar refractivity (Wildman–Crippen MR) is 119 cm³/mol. The summed E-state index contributed by atoms with van der Waals surface area (Å²) >= 11 is 6.09. The van der Waals surface area contributed by atoms with E-state index in [0.29, 0.717) is 0 Å². The lowest BCUT2D eigenvalue weighted by Crippen LogP contribution is -2.67. The lowest BCUT2D eigenvalue weighted by Gasteiger charge is -2.62. The average Bonchev–Trinajstić information content (AvgIpc) is 2.79. The number of methoxy groups -OCH3 is 2. The van der Waals surface area contributed by atoms with Crippen LogP contribution in [-0.4, -0.2) is 30.7 Å². The molecular formula is C25H23NO2S. The maximum Gasteiger partial charge on any atom is 0.161 e. The lowest BCUT2D eigenvalue weighted by atomic mass is 9.58. The molecule has 3 aromatic carbocycles. The first-order valence-corrected chi connectivity index (χ1v) is 10.3. The van der Waals surface area contributed by atoms with Crippen LogP contribution < -0.4 is 9.47 Å². The quantitative estimate of drug-likeness (QED) is 0.578. The van der Waals surface area contributed by atoms with Crippen LogP contribution in [0, 0.1) is 0 Å². The number of benzene rings is 3. The van der Waals surface area contributed by atoms with Gasteiger partial charge in [-0.25, -0.2) is 0 Å². The van der Waals surface area contributed by atoms with Crippen molar-refractivity contribution in [3.05, 3.63) is 95.1 Å². The second-order valence-corrected chi connectivity index (χ2v) is 7.98. The van der Waals surface area contributed by atoms with E-state index in [9.17, 15) is 0 Å². The molecule has 2 heterocycles. The largest absolute Gasteiger partial charge is 0.493 e. The highest BCUT2D eigenvalue weighted by atomic mass is 32.1. The molecule has 5 rings (SSSR count). The van der Waals surface area contributed by atoms with Crippen LogP contribution in [0.5, 0.6) is 11.5 Å². The van der Waals surface area contributed by atoms with Gasteiger partial charge in [0.25, 0.3) is 0 Å². The van der Waals surface area contributed by atoms with Crippen LogP contribution in [0.4, 0.5) is 0 Å². The summed E-state index contributed by atoms with van der Waals surface area (Å²) in [6, 6.07) is 25.7. The molecule has 0 aromatic heterocycles. The second kappa shape index (κ2) is 6.89. The molecule has 0 spiro atoms. The van der Waals surface area contributed by atoms with Crippen molar-refractivity contribution in [2.75, 3.05) is 20.8 Å². The molecule has 3 aromatic rings. The Morgan fingerprint density at radius 3 is 1.97 bits per heavy atom. The molecule has 2 aliphatic heterocycles. The maximum absolute atomic E-state index is 6.09. The standard InChI is InChI=1S/C25H23NO2S/c1-27-21-15-17-13-14-26-23(20(17)16-22(21)28-2)25(24(26)29,18-9-5-3-6-10-18)19-11-7-4-8-12-19/h3-12,15-16,23H,13-14H2,1-2H3. The summed E-state index contributed by atoms with van der Waals surface area (Å²) in [6.45, 7) is 0.924. The Balaban J connectivity index is 1.77. The van der Waals surface area contributed by atoms with Crippen molar-refractivity contribution in [3.8, 4) is 11.5 Å². The van der Waals surface area contributed by atoms with Gasteiger partial charge in [0.2, 0.25) is 0 Å². The van der Waals surface area contributed by atoms with E-state index in [1.807, 2.05) is 0 Å². The van der Waals surface area contributed by atoms with Crippen molar-refractivity contribution in [2.24, 2.45) is 0 Å². The van der Waals surface area contributed by atoms with E-state index in [1.165, 1.54) is 22.3 Å². The Morgan fingerprint density at radius 2 is 1.41 bits per heavy atom. The molecule has 1 saturated heterocycles. The zero-order valence-corrected chi connectivity index (χ0v) is 17.4. The van der Waals surface area contributed by atoms with E-state index in [0.717, 1.165) is 29.5 Å². The summed E-state index contributed by atoms with van der Waals surface area (Å²) in [5.41, 5.74) is 4.70. The minimum atomic E-state index is -0.355. The number of ether oxygens (including phenoxy) is 2. The van der Waals surface area contributed by atoms with Gasteiger partial charge in [-0.3, -0.25) is 0 Å². The summed E-state index contributed by atoms with van der Waals surface area (Å²) < 4.78 is 11.2. The van der Waals surface area contributed by atoms with Crippen LogP contribution in [0.3, 0.4) is 0 Å². The first-order chi connectivity index (χ1) is 14.2. The maximum atomic E-state index is 6.09. The minimum Gasteiger partial charge on any atom is -0.493 e. The average molecular weight is 402 g/mol. The first-order valence-electron chi connectivity index (χ1n) is 9.88. The summed E-state index contributed by atoms with van der Waals surface area (Å²) in [6.07, 6.45) is 0.950. The van der Waals surface area contributed by atoms with Crippen LogP contribution in [0.25, 0.3) is 0 Å². The summed E-state index contributed by atoms with van der Waals surface area (Å²) in [5, 5.41) is 0. The molecule has 1 fully saturated rings. The second-order valence-electron chi connectivity index (χ2n) is 7.60. The molecule has 146 valence electrons. The van der Waals surface area contributed by atoms with E-state index in [1.54, 1.807) is 14.2 Å². The number of rotatable bonds is 4. The number of thiocarbonyl (C=S) groups is 1. The smallest absolute Gasteiger partial charge is 0.161 e. The third-order valence-corrected chi connectivity index (χ3v) is 6.90. The zero-order valence-electron chi connectivity index (χ0n) is 16.6. The Hall–Kier alpha value is -2.85. The van der Waals surface area contributed by atoms with E-state index < -0.39 is 0 Å². The van der Waals surface area contributed by atoms with Crippen molar-refractivity contribution >= 4 is 17.2 Å². The molecule has 0 radical (unpaired) electrons. The Morgan fingerprint density at radius 1 is 0.862 bits per heavy atom. The van der Waals surface area contributed by atoms with Gasteiger partial charge in [0.05, 0.1) is 30.7 Å². The fourth-order valence-corrected chi connectivity index (χ4v) is 5.58. The van der Waals surface area contributed by atoms with Crippen LogP contribution in [0.15, 0.2) is 72.8 Å². The highest BCUT2D eigenvalue weighted by molar-refractivity contribution is 7.80. The lowest BCUT2D eigenvalue weighted by molar-refractivity contribution is 0.164. The monoisotopic (exact) mass is 401 g/mol. The van der Waals surface area contributed by atoms with Crippen LogP contribution in [0.1, 0.15) is 28.3 Å². The molecule has 3 nitrogen and oxygen atoms in total. The summed E-state index contributed by atoms with van der Waals surface area (Å²) in [5.74, 6) is 1.55. The molecule has 0 amide bonds. The highest BCUT2D eigenvalue weighted by Gasteiger charge is 2.61. The minimum absolute atomic E-state index is 0.142. The third-order valence-electron chi connectivity index (χ3n) is 6.34. The fraction of sp³-hybridized carbons (Fsp3) is 0.240. The molecule has 29 heavy (non-hydrogen) atoms. The summed E-state index contributed by atoms with van der Waals surface area (Å²) in [7, 11) is 3.38. The van der Waals surface area contributed by atoms with Crippen molar-refractivity contribution in [1.29, 1.82) is 0 Å².